The van der Waals surface area contributed by atoms with Gasteiger partial charge in [-0.1, -0.05) is 52.7 Å². The van der Waals surface area contributed by atoms with E-state index in [0.717, 1.165) is 0 Å². The first-order valence-corrected chi connectivity index (χ1v) is 10.8. The van der Waals surface area contributed by atoms with E-state index < -0.39 is 11.7 Å². The lowest BCUT2D eigenvalue weighted by molar-refractivity contribution is 0.0525. The molecular formula is C24H41NO5. The molecule has 0 aliphatic rings. The monoisotopic (exact) mass is 423 g/mol. The number of nitrogens with one attached hydrogen (secondary N) is 1. The maximum Gasteiger partial charge on any atom is 0.407 e. The van der Waals surface area contributed by atoms with Crippen LogP contribution in [0.3, 0.4) is 0 Å². The van der Waals surface area contributed by atoms with Crippen molar-refractivity contribution in [3.8, 4) is 5.75 Å². The summed E-state index contributed by atoms with van der Waals surface area (Å²) in [6.45, 7) is 17.2. The number of hydrogen-bond donors (Lipinski definition) is 1. The van der Waals surface area contributed by atoms with Gasteiger partial charge in [-0.3, -0.25) is 9.59 Å². The summed E-state index contributed by atoms with van der Waals surface area (Å²) in [5.41, 5.74) is 0.112. The molecule has 0 aromatic heterocycles. The molecule has 1 aromatic rings. The molecule has 1 N–H and O–H groups in total. The molecule has 0 aliphatic heterocycles. The first kappa shape index (κ1) is 29.8. The molecule has 0 saturated carbocycles. The predicted molar refractivity (Wildman–Crippen MR) is 123 cm³/mol. The van der Waals surface area contributed by atoms with Gasteiger partial charge in [0, 0.05) is 12.1 Å². The second-order valence-corrected chi connectivity index (χ2v) is 7.42. The lowest BCUT2D eigenvalue weighted by Crippen LogP contribution is -2.33. The molecular weight excluding hydrogens is 382 g/mol. The molecule has 30 heavy (non-hydrogen) atoms. The number of carbonyl (C=O) groups excluding carboxylic acids is 3. The van der Waals surface area contributed by atoms with Crippen LogP contribution in [0.15, 0.2) is 18.2 Å². The van der Waals surface area contributed by atoms with E-state index in [1.807, 2.05) is 13.8 Å². The maximum atomic E-state index is 11.8. The van der Waals surface area contributed by atoms with E-state index >= 15 is 0 Å². The molecule has 0 spiro atoms. The van der Waals surface area contributed by atoms with E-state index in [-0.39, 0.29) is 11.6 Å². The first-order chi connectivity index (χ1) is 14.0. The summed E-state index contributed by atoms with van der Waals surface area (Å²) >= 11 is 0. The predicted octanol–water partition coefficient (Wildman–Crippen LogP) is 6.22. The van der Waals surface area contributed by atoms with Gasteiger partial charge in [-0.25, -0.2) is 4.79 Å². The fraction of sp³-hybridized carbons (Fsp3) is 0.625. The van der Waals surface area contributed by atoms with Crippen molar-refractivity contribution in [2.24, 2.45) is 0 Å². The van der Waals surface area contributed by atoms with Crippen molar-refractivity contribution in [3.63, 3.8) is 0 Å². The van der Waals surface area contributed by atoms with Gasteiger partial charge in [0.1, 0.15) is 11.4 Å². The minimum Gasteiger partial charge on any atom is -0.493 e. The standard InChI is InChI=1S/C18H25NO5.C4H10.C2H6/c1-12(20)14-8-6-9-15(16(14)13(2)21)23-11-7-10-19-17(22)24-18(3,4)5;1-3-4-2;1-2/h6,8-9H,7,10-11H2,1-5H3,(H,19,22);3-4H2,1-2H3;1-2H3. The van der Waals surface area contributed by atoms with Crippen LogP contribution in [0.4, 0.5) is 4.79 Å². The third kappa shape index (κ3) is 13.7. The molecule has 172 valence electrons. The Morgan fingerprint density at radius 2 is 1.53 bits per heavy atom. The van der Waals surface area contributed by atoms with Crippen LogP contribution in [0.1, 0.15) is 102 Å². The van der Waals surface area contributed by atoms with Gasteiger partial charge in [0.25, 0.3) is 0 Å². The van der Waals surface area contributed by atoms with Crippen LogP contribution >= 0.6 is 0 Å². The highest BCUT2D eigenvalue weighted by molar-refractivity contribution is 6.08. The van der Waals surface area contributed by atoms with Crippen molar-refractivity contribution < 1.29 is 23.9 Å². The first-order valence-electron chi connectivity index (χ1n) is 10.8. The van der Waals surface area contributed by atoms with Crippen molar-refractivity contribution in [1.29, 1.82) is 0 Å². The van der Waals surface area contributed by atoms with Crippen molar-refractivity contribution >= 4 is 17.7 Å². The van der Waals surface area contributed by atoms with Crippen LogP contribution in [-0.4, -0.2) is 36.4 Å². The number of ketones is 2. The Morgan fingerprint density at radius 1 is 0.967 bits per heavy atom. The Balaban J connectivity index is 0. The smallest absolute Gasteiger partial charge is 0.407 e. The summed E-state index contributed by atoms with van der Waals surface area (Å²) in [4.78, 5) is 34.9. The van der Waals surface area contributed by atoms with Crippen molar-refractivity contribution in [1.82, 2.24) is 5.32 Å². The van der Waals surface area contributed by atoms with Crippen LogP contribution in [-0.2, 0) is 4.74 Å². The molecule has 1 rings (SSSR count). The average Bonchev–Trinajstić information content (AvgIpc) is 2.67. The van der Waals surface area contributed by atoms with Crippen molar-refractivity contribution in [2.75, 3.05) is 13.2 Å². The lowest BCUT2D eigenvalue weighted by Gasteiger charge is -2.19. The quantitative estimate of drug-likeness (QED) is 0.396. The molecule has 6 nitrogen and oxygen atoms in total. The number of amides is 1. The summed E-state index contributed by atoms with van der Waals surface area (Å²) in [7, 11) is 0. The molecule has 0 atom stereocenters. The maximum absolute atomic E-state index is 11.8. The average molecular weight is 424 g/mol. The Labute approximate surface area is 182 Å². The summed E-state index contributed by atoms with van der Waals surface area (Å²) < 4.78 is 10.7. The number of Topliss-reactive ketones (excluding diaryl/α,β-unsaturated/α-hetero) is 2. The minimum atomic E-state index is -0.538. The van der Waals surface area contributed by atoms with Gasteiger partial charge in [0.15, 0.2) is 11.6 Å². The third-order valence-corrected chi connectivity index (χ3v) is 3.50. The molecule has 0 saturated heterocycles. The number of unbranched alkanes of at least 4 members (excludes halogenated alkanes) is 1. The van der Waals surface area contributed by atoms with Crippen molar-refractivity contribution in [3.05, 3.63) is 29.3 Å². The number of rotatable bonds is 8. The molecule has 1 amide bonds. The summed E-state index contributed by atoms with van der Waals surface area (Å²) in [6.07, 6.45) is 2.70. The van der Waals surface area contributed by atoms with Crippen molar-refractivity contribution in [2.45, 2.75) is 87.2 Å². The zero-order chi connectivity index (χ0) is 23.7. The Kier molecular flexibility index (Phi) is 16.3. The van der Waals surface area contributed by atoms with E-state index in [1.54, 1.807) is 39.0 Å². The van der Waals surface area contributed by atoms with Gasteiger partial charge >= 0.3 is 6.09 Å². The Bertz CT molecular complexity index is 645. The summed E-state index contributed by atoms with van der Waals surface area (Å²) in [5.74, 6) is -0.0209. The Hall–Kier alpha value is -2.37. The fourth-order valence-corrected chi connectivity index (χ4v) is 2.07. The summed E-state index contributed by atoms with van der Waals surface area (Å²) in [6, 6.07) is 4.94. The Morgan fingerprint density at radius 3 is 1.97 bits per heavy atom. The second-order valence-electron chi connectivity index (χ2n) is 7.42. The third-order valence-electron chi connectivity index (χ3n) is 3.50. The second kappa shape index (κ2) is 16.4. The number of alkyl carbamates (subject to hydrolysis) is 1. The number of carbonyl (C=O) groups is 3. The molecule has 0 bridgehead atoms. The molecule has 0 aliphatic carbocycles. The van der Waals surface area contributed by atoms with E-state index in [4.69, 9.17) is 9.47 Å². The van der Waals surface area contributed by atoms with E-state index in [2.05, 4.69) is 19.2 Å². The molecule has 0 radical (unpaired) electrons. The molecule has 0 fully saturated rings. The highest BCUT2D eigenvalue weighted by atomic mass is 16.6. The minimum absolute atomic E-state index is 0.183. The van der Waals surface area contributed by atoms with Gasteiger partial charge in [-0.2, -0.15) is 0 Å². The van der Waals surface area contributed by atoms with Crippen LogP contribution in [0, 0.1) is 0 Å². The molecule has 6 heteroatoms. The molecule has 0 unspecified atom stereocenters. The topological polar surface area (TPSA) is 81.7 Å². The van der Waals surface area contributed by atoms with Crippen LogP contribution < -0.4 is 10.1 Å². The fourth-order valence-electron chi connectivity index (χ4n) is 2.07. The normalized spacial score (nSPS) is 9.90. The molecule has 1 aromatic carbocycles. The van der Waals surface area contributed by atoms with Gasteiger partial charge in [0.2, 0.25) is 0 Å². The van der Waals surface area contributed by atoms with Gasteiger partial charge in [-0.05, 0) is 47.1 Å². The van der Waals surface area contributed by atoms with Crippen LogP contribution in [0.2, 0.25) is 0 Å². The van der Waals surface area contributed by atoms with Gasteiger partial charge in [-0.15, -0.1) is 0 Å². The lowest BCUT2D eigenvalue weighted by atomic mass is 10.0. The van der Waals surface area contributed by atoms with Crippen LogP contribution in [0.5, 0.6) is 5.75 Å². The van der Waals surface area contributed by atoms with E-state index in [0.29, 0.717) is 36.4 Å². The highest BCUT2D eigenvalue weighted by Gasteiger charge is 2.17. The van der Waals surface area contributed by atoms with Gasteiger partial charge in [0.05, 0.1) is 12.2 Å². The zero-order valence-corrected chi connectivity index (χ0v) is 20.3. The zero-order valence-electron chi connectivity index (χ0n) is 20.3. The largest absolute Gasteiger partial charge is 0.493 e. The van der Waals surface area contributed by atoms with E-state index in [9.17, 15) is 14.4 Å². The molecule has 0 heterocycles. The van der Waals surface area contributed by atoms with E-state index in [1.165, 1.54) is 26.7 Å². The number of hydrogen-bond acceptors (Lipinski definition) is 5. The van der Waals surface area contributed by atoms with Gasteiger partial charge < -0.3 is 14.8 Å². The highest BCUT2D eigenvalue weighted by Crippen LogP contribution is 2.23. The SMILES string of the molecule is CC.CC(=O)c1cccc(OCCCNC(=O)OC(C)(C)C)c1C(C)=O.CCCC. The van der Waals surface area contributed by atoms with Crippen LogP contribution in [0.25, 0.3) is 0 Å². The number of ether oxygens (including phenoxy) is 2. The summed E-state index contributed by atoms with van der Waals surface area (Å²) in [5, 5.41) is 2.63. The number of benzene rings is 1.